The minimum atomic E-state index is -0.0599. The van der Waals surface area contributed by atoms with Crippen LogP contribution in [0.4, 0.5) is 0 Å². The smallest absolute Gasteiger partial charge is 0.305 e. The number of ether oxygens (including phenoxy) is 2. The highest BCUT2D eigenvalue weighted by Gasteiger charge is 2.02. The topological polar surface area (TPSA) is 35.5 Å². The molecule has 0 saturated heterocycles. The molecule has 0 atom stereocenters. The van der Waals surface area contributed by atoms with E-state index in [1.54, 1.807) is 0 Å². The fraction of sp³-hybridized carbons (Fsp3) is 0.962. The highest BCUT2D eigenvalue weighted by Crippen LogP contribution is 2.13. The van der Waals surface area contributed by atoms with E-state index in [1.165, 1.54) is 107 Å². The van der Waals surface area contributed by atoms with Gasteiger partial charge >= 0.3 is 5.97 Å². The van der Waals surface area contributed by atoms with E-state index in [-0.39, 0.29) is 5.97 Å². The first kappa shape index (κ1) is 30.2. The molecule has 0 radical (unpaired) electrons. The molecule has 0 heterocycles. The number of alkyl halides is 1. The van der Waals surface area contributed by atoms with Crippen molar-refractivity contribution in [1.82, 2.24) is 0 Å². The molecule has 0 aliphatic carbocycles. The zero-order valence-corrected chi connectivity index (χ0v) is 22.2. The second kappa shape index (κ2) is 27.2. The highest BCUT2D eigenvalue weighted by atomic mass is 127. The van der Waals surface area contributed by atoms with Gasteiger partial charge in [-0.3, -0.25) is 4.79 Å². The van der Waals surface area contributed by atoms with E-state index in [4.69, 9.17) is 9.47 Å². The summed E-state index contributed by atoms with van der Waals surface area (Å²) in [5, 5.41) is 0. The van der Waals surface area contributed by atoms with Gasteiger partial charge in [-0.1, -0.05) is 132 Å². The molecule has 0 unspecified atom stereocenters. The summed E-state index contributed by atoms with van der Waals surface area (Å²) in [6, 6.07) is 0. The minimum absolute atomic E-state index is 0.0599. The van der Waals surface area contributed by atoms with Crippen molar-refractivity contribution >= 4 is 28.6 Å². The molecule has 180 valence electrons. The zero-order valence-electron chi connectivity index (χ0n) is 20.1. The van der Waals surface area contributed by atoms with Gasteiger partial charge in [0.2, 0.25) is 0 Å². The average Bonchev–Trinajstić information content (AvgIpc) is 2.75. The molecule has 0 N–H and O–H groups in total. The van der Waals surface area contributed by atoms with Crippen LogP contribution in [-0.2, 0) is 14.3 Å². The number of unbranched alkanes of at least 4 members (excludes halogenated alkanes) is 17. The Hall–Kier alpha value is 0.160. The summed E-state index contributed by atoms with van der Waals surface area (Å²) in [6.45, 7) is 4.02. The van der Waals surface area contributed by atoms with Crippen molar-refractivity contribution in [3.8, 4) is 0 Å². The third-order valence-corrected chi connectivity index (χ3v) is 6.41. The number of carbonyl (C=O) groups excluding carboxylic acids is 1. The van der Waals surface area contributed by atoms with Crippen LogP contribution in [0.15, 0.2) is 0 Å². The van der Waals surface area contributed by atoms with Crippen molar-refractivity contribution in [3.63, 3.8) is 0 Å². The number of hydrogen-bond acceptors (Lipinski definition) is 3. The van der Waals surface area contributed by atoms with Crippen LogP contribution in [0, 0.1) is 0 Å². The van der Waals surface area contributed by atoms with Gasteiger partial charge in [0.1, 0.15) is 6.61 Å². The predicted molar refractivity (Wildman–Crippen MR) is 139 cm³/mol. The zero-order chi connectivity index (χ0) is 22.0. The number of carbonyl (C=O) groups is 1. The Morgan fingerprint density at radius 2 is 1.03 bits per heavy atom. The van der Waals surface area contributed by atoms with Gasteiger partial charge in [0.05, 0.1) is 6.61 Å². The molecule has 0 spiro atoms. The normalized spacial score (nSPS) is 11.1. The Kier molecular flexibility index (Phi) is 27.3. The maximum absolute atomic E-state index is 11.7. The third kappa shape index (κ3) is 26.2. The van der Waals surface area contributed by atoms with Crippen molar-refractivity contribution in [2.75, 3.05) is 24.2 Å². The molecule has 0 rings (SSSR count). The maximum Gasteiger partial charge on any atom is 0.305 e. The molecule has 0 saturated carbocycles. The molecule has 0 fully saturated rings. The minimum Gasteiger partial charge on any atom is -0.463 e. The van der Waals surface area contributed by atoms with E-state index in [0.29, 0.717) is 19.6 Å². The van der Waals surface area contributed by atoms with Crippen molar-refractivity contribution in [2.45, 2.75) is 135 Å². The molecule has 0 bridgehead atoms. The molecule has 0 aliphatic heterocycles. The van der Waals surface area contributed by atoms with E-state index in [0.717, 1.165) is 25.9 Å². The second-order valence-corrected chi connectivity index (χ2v) is 9.71. The molecular formula is C26H51IO3. The molecule has 0 aromatic rings. The quantitative estimate of drug-likeness (QED) is 0.0504. The largest absolute Gasteiger partial charge is 0.463 e. The summed E-state index contributed by atoms with van der Waals surface area (Å²) in [5.74, 6) is -0.0599. The van der Waals surface area contributed by atoms with Crippen LogP contribution < -0.4 is 0 Å². The summed E-state index contributed by atoms with van der Waals surface area (Å²) in [7, 11) is 0. The van der Waals surface area contributed by atoms with Crippen LogP contribution in [0.1, 0.15) is 135 Å². The SMILES string of the molecule is CCCCCCCCCCCCCCCCCC(=O)OCCOCCCCCCI. The van der Waals surface area contributed by atoms with Gasteiger partial charge in [0.15, 0.2) is 0 Å². The third-order valence-electron chi connectivity index (χ3n) is 5.65. The Morgan fingerprint density at radius 3 is 1.57 bits per heavy atom. The van der Waals surface area contributed by atoms with E-state index >= 15 is 0 Å². The molecule has 30 heavy (non-hydrogen) atoms. The van der Waals surface area contributed by atoms with Gasteiger partial charge in [-0.15, -0.1) is 0 Å². The van der Waals surface area contributed by atoms with Gasteiger partial charge < -0.3 is 9.47 Å². The summed E-state index contributed by atoms with van der Waals surface area (Å²) in [6.07, 6.45) is 25.7. The molecule has 0 aliphatic rings. The molecular weight excluding hydrogens is 487 g/mol. The Balaban J connectivity index is 3.12. The van der Waals surface area contributed by atoms with Gasteiger partial charge in [-0.25, -0.2) is 0 Å². The second-order valence-electron chi connectivity index (χ2n) is 8.64. The lowest BCUT2D eigenvalue weighted by molar-refractivity contribution is -0.145. The van der Waals surface area contributed by atoms with Crippen LogP contribution in [-0.4, -0.2) is 30.2 Å². The van der Waals surface area contributed by atoms with Crippen molar-refractivity contribution in [2.24, 2.45) is 0 Å². The predicted octanol–water partition coefficient (Wildman–Crippen LogP) is 8.80. The van der Waals surface area contributed by atoms with Gasteiger partial charge in [0.25, 0.3) is 0 Å². The summed E-state index contributed by atoms with van der Waals surface area (Å²) in [5.41, 5.74) is 0. The summed E-state index contributed by atoms with van der Waals surface area (Å²) in [4.78, 5) is 11.7. The monoisotopic (exact) mass is 538 g/mol. The Bertz CT molecular complexity index is 336. The van der Waals surface area contributed by atoms with Gasteiger partial charge in [-0.2, -0.15) is 0 Å². The van der Waals surface area contributed by atoms with Crippen LogP contribution in [0.2, 0.25) is 0 Å². The summed E-state index contributed by atoms with van der Waals surface area (Å²) >= 11 is 2.42. The first-order valence-corrected chi connectivity index (χ1v) is 14.6. The number of esters is 1. The van der Waals surface area contributed by atoms with Gasteiger partial charge in [0, 0.05) is 13.0 Å². The van der Waals surface area contributed by atoms with Crippen molar-refractivity contribution in [3.05, 3.63) is 0 Å². The molecule has 4 heteroatoms. The van der Waals surface area contributed by atoms with Crippen LogP contribution in [0.25, 0.3) is 0 Å². The fourth-order valence-corrected chi connectivity index (χ4v) is 4.22. The lowest BCUT2D eigenvalue weighted by atomic mass is 10.0. The van der Waals surface area contributed by atoms with Crippen molar-refractivity contribution in [1.29, 1.82) is 0 Å². The maximum atomic E-state index is 11.7. The van der Waals surface area contributed by atoms with E-state index in [1.807, 2.05) is 0 Å². The highest BCUT2D eigenvalue weighted by molar-refractivity contribution is 14.1. The Labute approximate surface area is 202 Å². The summed E-state index contributed by atoms with van der Waals surface area (Å²) < 4.78 is 12.0. The first-order chi connectivity index (χ1) is 14.8. The lowest BCUT2D eigenvalue weighted by Gasteiger charge is -2.06. The molecule has 3 nitrogen and oxygen atoms in total. The Morgan fingerprint density at radius 1 is 0.567 bits per heavy atom. The van der Waals surface area contributed by atoms with E-state index in [9.17, 15) is 4.79 Å². The molecule has 0 aromatic carbocycles. The average molecular weight is 539 g/mol. The van der Waals surface area contributed by atoms with Crippen LogP contribution in [0.5, 0.6) is 0 Å². The fourth-order valence-electron chi connectivity index (χ4n) is 3.68. The number of rotatable bonds is 25. The standard InChI is InChI=1S/C26H51IO3/c1-2-3-4-5-6-7-8-9-10-11-12-13-14-15-18-21-26(28)30-25-24-29-23-20-17-16-19-22-27/h2-25H2,1H3. The van der Waals surface area contributed by atoms with Gasteiger partial charge in [-0.05, 0) is 23.7 Å². The molecule has 0 aromatic heterocycles. The molecule has 0 amide bonds. The van der Waals surface area contributed by atoms with E-state index in [2.05, 4.69) is 29.5 Å². The first-order valence-electron chi connectivity index (χ1n) is 13.1. The number of halogens is 1. The lowest BCUT2D eigenvalue weighted by Crippen LogP contribution is -2.10. The van der Waals surface area contributed by atoms with Crippen molar-refractivity contribution < 1.29 is 14.3 Å². The van der Waals surface area contributed by atoms with Crippen LogP contribution >= 0.6 is 22.6 Å². The van der Waals surface area contributed by atoms with Crippen LogP contribution in [0.3, 0.4) is 0 Å². The van der Waals surface area contributed by atoms with E-state index < -0.39 is 0 Å². The number of hydrogen-bond donors (Lipinski definition) is 0.